The molecular weight excluding hydrogens is 423 g/mol. The van der Waals surface area contributed by atoms with Crippen molar-refractivity contribution in [3.05, 3.63) is 72.4 Å². The SMILES string of the molecule is C[CH2][Ge]([CH2]C)([CH2]C)[c]1cnc(-c2cccc(-c3ccccc3)c2)cc1C1CCCC1. The quantitative estimate of drug-likeness (QED) is 0.330. The Bertz CT molecular complexity index is 961. The maximum atomic E-state index is 5.07. The number of nitrogens with zero attached hydrogens (tertiary/aromatic N) is 1. The molecule has 0 atom stereocenters. The Kier molecular flexibility index (Phi) is 6.78. The molecule has 1 fully saturated rings. The summed E-state index contributed by atoms with van der Waals surface area (Å²) in [7, 11) is 0. The first-order valence-corrected chi connectivity index (χ1v) is 17.4. The number of hydrogen-bond donors (Lipinski definition) is 0. The van der Waals surface area contributed by atoms with Gasteiger partial charge in [0.2, 0.25) is 0 Å². The van der Waals surface area contributed by atoms with Crippen LogP contribution in [0.4, 0.5) is 0 Å². The molecule has 0 unspecified atom stereocenters. The second-order valence-electron chi connectivity index (χ2n) is 8.93. The number of aromatic nitrogens is 1. The fourth-order valence-corrected chi connectivity index (χ4v) is 13.6. The standard InChI is InChI=1S/C28H35GeN/c1-4-29(5-2,6-3)27-21-30-28(20-26(27)23-15-10-11-16-23)25-18-12-17-24(19-25)22-13-8-7-9-14-22/h7-9,12-14,17-21,23H,4-6,10-11,15-16H2,1-3H3. The van der Waals surface area contributed by atoms with Gasteiger partial charge in [0.25, 0.3) is 0 Å². The number of hydrogen-bond acceptors (Lipinski definition) is 1. The van der Waals surface area contributed by atoms with Crippen molar-refractivity contribution in [2.24, 2.45) is 0 Å². The second-order valence-corrected chi connectivity index (χ2v) is 19.9. The van der Waals surface area contributed by atoms with Gasteiger partial charge in [-0.1, -0.05) is 0 Å². The number of rotatable bonds is 7. The van der Waals surface area contributed by atoms with Gasteiger partial charge >= 0.3 is 186 Å². The monoisotopic (exact) mass is 459 g/mol. The van der Waals surface area contributed by atoms with Crippen LogP contribution in [0.1, 0.15) is 57.9 Å². The summed E-state index contributed by atoms with van der Waals surface area (Å²) < 4.78 is 1.71. The molecule has 0 bridgehead atoms. The minimum absolute atomic E-state index is 0.744. The van der Waals surface area contributed by atoms with Gasteiger partial charge in [-0.05, 0) is 0 Å². The molecule has 30 heavy (non-hydrogen) atoms. The van der Waals surface area contributed by atoms with Crippen molar-refractivity contribution < 1.29 is 0 Å². The third-order valence-electron chi connectivity index (χ3n) is 7.60. The molecule has 0 saturated heterocycles. The predicted molar refractivity (Wildman–Crippen MR) is 133 cm³/mol. The van der Waals surface area contributed by atoms with Crippen molar-refractivity contribution in [2.45, 2.75) is 68.1 Å². The van der Waals surface area contributed by atoms with Crippen LogP contribution in [0.15, 0.2) is 66.9 Å². The zero-order valence-electron chi connectivity index (χ0n) is 18.8. The topological polar surface area (TPSA) is 12.9 Å². The summed E-state index contributed by atoms with van der Waals surface area (Å²) in [6, 6.07) is 22.1. The normalized spacial score (nSPS) is 14.9. The molecule has 1 aromatic heterocycles. The van der Waals surface area contributed by atoms with E-state index in [0.717, 1.165) is 11.6 Å². The summed E-state index contributed by atoms with van der Waals surface area (Å²) >= 11 is -2.06. The van der Waals surface area contributed by atoms with Crippen LogP contribution < -0.4 is 4.40 Å². The Labute approximate surface area is 185 Å². The van der Waals surface area contributed by atoms with Gasteiger partial charge in [0.1, 0.15) is 0 Å². The first-order chi connectivity index (χ1) is 14.7. The molecule has 4 rings (SSSR count). The van der Waals surface area contributed by atoms with Crippen LogP contribution in [0, 0.1) is 0 Å². The van der Waals surface area contributed by atoms with Crippen LogP contribution >= 0.6 is 0 Å². The Morgan fingerprint density at radius 1 is 0.767 bits per heavy atom. The molecule has 1 nitrogen and oxygen atoms in total. The number of pyridine rings is 1. The molecule has 1 aliphatic carbocycles. The van der Waals surface area contributed by atoms with Gasteiger partial charge in [-0.3, -0.25) is 0 Å². The van der Waals surface area contributed by atoms with E-state index in [-0.39, 0.29) is 0 Å². The van der Waals surface area contributed by atoms with E-state index in [4.69, 9.17) is 4.98 Å². The van der Waals surface area contributed by atoms with E-state index in [2.05, 4.69) is 87.6 Å². The van der Waals surface area contributed by atoms with Crippen LogP contribution in [0.25, 0.3) is 22.4 Å². The molecular formula is C28H35GeN. The molecule has 0 spiro atoms. The van der Waals surface area contributed by atoms with Crippen LogP contribution in [0.3, 0.4) is 0 Å². The molecule has 0 aliphatic heterocycles. The molecule has 0 radical (unpaired) electrons. The van der Waals surface area contributed by atoms with Gasteiger partial charge < -0.3 is 0 Å². The van der Waals surface area contributed by atoms with Gasteiger partial charge in [-0.15, -0.1) is 0 Å². The molecule has 156 valence electrons. The third kappa shape index (κ3) is 4.14. The van der Waals surface area contributed by atoms with Crippen LogP contribution in [0.2, 0.25) is 15.8 Å². The average molecular weight is 458 g/mol. The summed E-state index contributed by atoms with van der Waals surface area (Å²) in [6.45, 7) is 7.30. The molecule has 0 N–H and O–H groups in total. The van der Waals surface area contributed by atoms with E-state index in [1.165, 1.54) is 58.1 Å². The van der Waals surface area contributed by atoms with E-state index < -0.39 is 13.3 Å². The first-order valence-electron chi connectivity index (χ1n) is 11.9. The van der Waals surface area contributed by atoms with Crippen LogP contribution in [-0.2, 0) is 0 Å². The van der Waals surface area contributed by atoms with E-state index in [1.807, 2.05) is 0 Å². The second kappa shape index (κ2) is 9.51. The van der Waals surface area contributed by atoms with Crippen LogP contribution in [-0.4, -0.2) is 18.3 Å². The first kappa shape index (κ1) is 21.4. The molecule has 1 aliphatic rings. The Morgan fingerprint density at radius 2 is 1.40 bits per heavy atom. The van der Waals surface area contributed by atoms with Crippen molar-refractivity contribution >= 4 is 17.7 Å². The van der Waals surface area contributed by atoms with Crippen molar-refractivity contribution in [3.63, 3.8) is 0 Å². The summed E-state index contributed by atoms with van der Waals surface area (Å²) in [5, 5.41) is 4.12. The fourth-order valence-electron chi connectivity index (χ4n) is 5.46. The maximum absolute atomic E-state index is 5.07. The van der Waals surface area contributed by atoms with E-state index >= 15 is 0 Å². The van der Waals surface area contributed by atoms with Gasteiger partial charge in [0.15, 0.2) is 0 Å². The van der Waals surface area contributed by atoms with Gasteiger partial charge in [-0.2, -0.15) is 0 Å². The fraction of sp³-hybridized carbons (Fsp3) is 0.393. The molecule has 1 heterocycles. The average Bonchev–Trinajstić information content (AvgIpc) is 3.36. The van der Waals surface area contributed by atoms with Crippen molar-refractivity contribution in [1.29, 1.82) is 0 Å². The van der Waals surface area contributed by atoms with Crippen LogP contribution in [0.5, 0.6) is 0 Å². The minimum atomic E-state index is -2.06. The van der Waals surface area contributed by atoms with E-state index in [1.54, 1.807) is 9.96 Å². The summed E-state index contributed by atoms with van der Waals surface area (Å²) in [6.07, 6.45) is 7.80. The Morgan fingerprint density at radius 3 is 2.07 bits per heavy atom. The Hall–Kier alpha value is -1.87. The van der Waals surface area contributed by atoms with E-state index in [9.17, 15) is 0 Å². The van der Waals surface area contributed by atoms with Gasteiger partial charge in [0, 0.05) is 0 Å². The van der Waals surface area contributed by atoms with Crippen molar-refractivity contribution in [1.82, 2.24) is 4.98 Å². The molecule has 1 saturated carbocycles. The van der Waals surface area contributed by atoms with E-state index in [0.29, 0.717) is 0 Å². The third-order valence-corrected chi connectivity index (χ3v) is 19.4. The number of benzene rings is 2. The summed E-state index contributed by atoms with van der Waals surface area (Å²) in [4.78, 5) is 5.07. The molecule has 3 aromatic rings. The molecule has 2 heteroatoms. The Balaban J connectivity index is 1.80. The van der Waals surface area contributed by atoms with Gasteiger partial charge in [0.05, 0.1) is 0 Å². The zero-order chi connectivity index (χ0) is 21.0. The van der Waals surface area contributed by atoms with Crippen molar-refractivity contribution in [2.75, 3.05) is 0 Å². The summed E-state index contributed by atoms with van der Waals surface area (Å²) in [5.74, 6) is 0.744. The van der Waals surface area contributed by atoms with Crippen molar-refractivity contribution in [3.8, 4) is 22.4 Å². The molecule has 2 aromatic carbocycles. The predicted octanol–water partition coefficient (Wildman–Crippen LogP) is 7.79. The summed E-state index contributed by atoms with van der Waals surface area (Å²) in [5.41, 5.74) is 6.59. The van der Waals surface area contributed by atoms with Gasteiger partial charge in [-0.25, -0.2) is 0 Å². The molecule has 0 amide bonds. The zero-order valence-corrected chi connectivity index (χ0v) is 20.9.